The number of rotatable bonds is 6. The number of unbranched alkanes of at least 4 members (excludes halogenated alkanes) is 1. The number of hydrogen-bond donors (Lipinski definition) is 0. The highest BCUT2D eigenvalue weighted by Gasteiger charge is 2.29. The minimum absolute atomic E-state index is 0.279. The predicted octanol–water partition coefficient (Wildman–Crippen LogP) is 2.85. The van der Waals surface area contributed by atoms with Crippen molar-refractivity contribution in [3.05, 3.63) is 37.9 Å². The lowest BCUT2D eigenvalue weighted by molar-refractivity contribution is -0.396. The van der Waals surface area contributed by atoms with Gasteiger partial charge in [0, 0.05) is 11.6 Å². The smallest absolute Gasteiger partial charge is 0.321 e. The molecule has 0 spiro atoms. The highest BCUT2D eigenvalue weighted by Crippen LogP contribution is 2.39. The summed E-state index contributed by atoms with van der Waals surface area (Å²) in [5, 5.41) is 21.8. The third kappa shape index (κ3) is 2.73. The van der Waals surface area contributed by atoms with Crippen molar-refractivity contribution in [3.63, 3.8) is 0 Å². The molecule has 1 rings (SSSR count). The largest absolute Gasteiger partial charge is 0.485 e. The summed E-state index contributed by atoms with van der Waals surface area (Å²) in [5.41, 5.74) is -0.228. The van der Waals surface area contributed by atoms with Crippen molar-refractivity contribution in [2.24, 2.45) is 0 Å². The molecule has 1 aromatic carbocycles. The van der Waals surface area contributed by atoms with Gasteiger partial charge in [0.15, 0.2) is 0 Å². The van der Waals surface area contributed by atoms with E-state index in [2.05, 4.69) is 0 Å². The monoisotopic (exact) mass is 254 g/mol. The molecule has 0 amide bonds. The van der Waals surface area contributed by atoms with E-state index in [-0.39, 0.29) is 17.1 Å². The van der Waals surface area contributed by atoms with Gasteiger partial charge in [0.1, 0.15) is 0 Å². The van der Waals surface area contributed by atoms with E-state index in [1.165, 1.54) is 19.2 Å². The molecule has 18 heavy (non-hydrogen) atoms. The molecule has 1 aromatic rings. The second kappa shape index (κ2) is 5.95. The first-order valence-electron chi connectivity index (χ1n) is 5.51. The SMILES string of the molecule is CCCCc1ccc([N+](=O)[O-])c(OC)c1[N+](=O)[O-]. The molecule has 98 valence electrons. The van der Waals surface area contributed by atoms with E-state index in [1.807, 2.05) is 6.92 Å². The van der Waals surface area contributed by atoms with Crippen LogP contribution in [0.25, 0.3) is 0 Å². The van der Waals surface area contributed by atoms with Gasteiger partial charge in [-0.3, -0.25) is 20.2 Å². The summed E-state index contributed by atoms with van der Waals surface area (Å²) in [6.45, 7) is 1.97. The normalized spacial score (nSPS) is 10.1. The number of ether oxygens (including phenoxy) is 1. The molecule has 0 atom stereocenters. The third-order valence-electron chi connectivity index (χ3n) is 2.58. The Hall–Kier alpha value is -2.18. The molecule has 0 aliphatic heterocycles. The van der Waals surface area contributed by atoms with Crippen LogP contribution in [-0.4, -0.2) is 17.0 Å². The van der Waals surface area contributed by atoms with E-state index in [9.17, 15) is 20.2 Å². The predicted molar refractivity (Wildman–Crippen MR) is 64.9 cm³/mol. The molecule has 0 unspecified atom stereocenters. The number of methoxy groups -OCH3 is 1. The molecule has 7 nitrogen and oxygen atoms in total. The van der Waals surface area contributed by atoms with Gasteiger partial charge in [0.2, 0.25) is 0 Å². The molecule has 0 saturated carbocycles. The van der Waals surface area contributed by atoms with Crippen LogP contribution < -0.4 is 4.74 Å². The van der Waals surface area contributed by atoms with Gasteiger partial charge >= 0.3 is 11.4 Å². The maximum absolute atomic E-state index is 11.0. The fourth-order valence-corrected chi connectivity index (χ4v) is 1.72. The van der Waals surface area contributed by atoms with Gasteiger partial charge in [0.05, 0.1) is 17.0 Å². The molecule has 7 heteroatoms. The molecular weight excluding hydrogens is 240 g/mol. The summed E-state index contributed by atoms with van der Waals surface area (Å²) in [6, 6.07) is 2.67. The minimum Gasteiger partial charge on any atom is -0.485 e. The average molecular weight is 254 g/mol. The van der Waals surface area contributed by atoms with Crippen LogP contribution in [-0.2, 0) is 6.42 Å². The molecule has 0 heterocycles. The van der Waals surface area contributed by atoms with E-state index < -0.39 is 9.85 Å². The van der Waals surface area contributed by atoms with Crippen LogP contribution in [0.15, 0.2) is 12.1 Å². The van der Waals surface area contributed by atoms with Crippen LogP contribution in [0.2, 0.25) is 0 Å². The van der Waals surface area contributed by atoms with Gasteiger partial charge in [-0.05, 0) is 18.9 Å². The van der Waals surface area contributed by atoms with Crippen LogP contribution in [0.3, 0.4) is 0 Å². The molecule has 0 aliphatic rings. The van der Waals surface area contributed by atoms with Crippen molar-refractivity contribution in [1.29, 1.82) is 0 Å². The van der Waals surface area contributed by atoms with Crippen molar-refractivity contribution >= 4 is 11.4 Å². The van der Waals surface area contributed by atoms with E-state index in [1.54, 1.807) is 0 Å². The lowest BCUT2D eigenvalue weighted by atomic mass is 10.0. The number of aryl methyl sites for hydroxylation is 1. The Morgan fingerprint density at radius 3 is 2.33 bits per heavy atom. The van der Waals surface area contributed by atoms with Crippen LogP contribution in [0.4, 0.5) is 11.4 Å². The fourth-order valence-electron chi connectivity index (χ4n) is 1.72. The van der Waals surface area contributed by atoms with Crippen LogP contribution in [0, 0.1) is 20.2 Å². The van der Waals surface area contributed by atoms with E-state index in [0.717, 1.165) is 12.8 Å². The molecule has 0 N–H and O–H groups in total. The van der Waals surface area contributed by atoms with E-state index >= 15 is 0 Å². The highest BCUT2D eigenvalue weighted by molar-refractivity contribution is 5.63. The molecule has 0 fully saturated rings. The van der Waals surface area contributed by atoms with Gasteiger partial charge < -0.3 is 4.74 Å². The summed E-state index contributed by atoms with van der Waals surface area (Å²) in [5.74, 6) is -0.279. The second-order valence-corrected chi connectivity index (χ2v) is 3.74. The summed E-state index contributed by atoms with van der Waals surface area (Å²) in [4.78, 5) is 20.5. The molecule has 0 saturated heterocycles. The first-order chi connectivity index (χ1) is 8.52. The number of nitrogens with zero attached hydrogens (tertiary/aromatic N) is 2. The first-order valence-corrected chi connectivity index (χ1v) is 5.51. The number of benzene rings is 1. The van der Waals surface area contributed by atoms with Crippen LogP contribution in [0.5, 0.6) is 5.75 Å². The third-order valence-corrected chi connectivity index (χ3v) is 2.58. The van der Waals surface area contributed by atoms with Crippen molar-refractivity contribution in [2.45, 2.75) is 26.2 Å². The standard InChI is InChI=1S/C11H14N2O5/c1-3-4-5-8-6-7-9(12(14)15)11(18-2)10(8)13(16)17/h6-7H,3-5H2,1-2H3. The minimum atomic E-state index is -0.685. The first kappa shape index (κ1) is 13.9. The van der Waals surface area contributed by atoms with Gasteiger partial charge in [-0.1, -0.05) is 13.3 Å². The number of nitro benzene ring substituents is 2. The van der Waals surface area contributed by atoms with Gasteiger partial charge in [-0.25, -0.2) is 0 Å². The molecular formula is C11H14N2O5. The van der Waals surface area contributed by atoms with Crippen molar-refractivity contribution in [3.8, 4) is 5.75 Å². The lowest BCUT2D eigenvalue weighted by Gasteiger charge is -2.07. The van der Waals surface area contributed by atoms with E-state index in [4.69, 9.17) is 4.74 Å². The molecule has 0 aromatic heterocycles. The van der Waals surface area contributed by atoms with Crippen LogP contribution >= 0.6 is 0 Å². The summed E-state index contributed by atoms with van der Waals surface area (Å²) in [7, 11) is 1.19. The highest BCUT2D eigenvalue weighted by atomic mass is 16.6. The Kier molecular flexibility index (Phi) is 4.59. The quantitative estimate of drug-likeness (QED) is 0.574. The zero-order valence-corrected chi connectivity index (χ0v) is 10.2. The zero-order chi connectivity index (χ0) is 13.7. The Bertz CT molecular complexity index is 473. The maximum Gasteiger partial charge on any atom is 0.321 e. The Labute approximate surface area is 104 Å². The average Bonchev–Trinajstić information content (AvgIpc) is 2.34. The maximum atomic E-state index is 11.0. The van der Waals surface area contributed by atoms with Crippen molar-refractivity contribution in [2.75, 3.05) is 7.11 Å². The van der Waals surface area contributed by atoms with Crippen LogP contribution in [0.1, 0.15) is 25.3 Å². The van der Waals surface area contributed by atoms with Crippen molar-refractivity contribution < 1.29 is 14.6 Å². The van der Waals surface area contributed by atoms with Crippen molar-refractivity contribution in [1.82, 2.24) is 0 Å². The summed E-state index contributed by atoms with van der Waals surface area (Å²) >= 11 is 0. The lowest BCUT2D eigenvalue weighted by Crippen LogP contribution is -2.02. The van der Waals surface area contributed by atoms with Gasteiger partial charge in [0.25, 0.3) is 5.75 Å². The fraction of sp³-hybridized carbons (Fsp3) is 0.455. The second-order valence-electron chi connectivity index (χ2n) is 3.74. The molecule has 0 radical (unpaired) electrons. The number of hydrogen-bond acceptors (Lipinski definition) is 5. The Morgan fingerprint density at radius 2 is 1.89 bits per heavy atom. The summed E-state index contributed by atoms with van der Waals surface area (Å²) < 4.78 is 4.84. The van der Waals surface area contributed by atoms with E-state index in [0.29, 0.717) is 12.0 Å². The van der Waals surface area contributed by atoms with Gasteiger partial charge in [-0.15, -0.1) is 0 Å². The summed E-state index contributed by atoms with van der Waals surface area (Å²) in [6.07, 6.45) is 2.17. The zero-order valence-electron chi connectivity index (χ0n) is 10.2. The Morgan fingerprint density at radius 1 is 1.22 bits per heavy atom. The Balaban J connectivity index is 3.38. The number of nitro groups is 2. The molecule has 0 bridgehead atoms. The molecule has 0 aliphatic carbocycles. The topological polar surface area (TPSA) is 95.5 Å². The van der Waals surface area contributed by atoms with Gasteiger partial charge in [-0.2, -0.15) is 0 Å².